The molecule has 2 aromatic heterocycles. The first-order chi connectivity index (χ1) is 11.6. The molecule has 0 aliphatic heterocycles. The molecular formula is C18H19N3O3. The Bertz CT molecular complexity index is 859. The molecule has 0 saturated carbocycles. The second kappa shape index (κ2) is 6.62. The molecule has 1 atom stereocenters. The maximum absolute atomic E-state index is 12.1. The molecule has 0 spiro atoms. The summed E-state index contributed by atoms with van der Waals surface area (Å²) in [6.45, 7) is 3.85. The Morgan fingerprint density at radius 2 is 2.00 bits per heavy atom. The highest BCUT2D eigenvalue weighted by atomic mass is 16.5. The number of hydrogen-bond acceptors (Lipinski definition) is 4. The molecule has 2 heterocycles. The molecule has 24 heavy (non-hydrogen) atoms. The highest BCUT2D eigenvalue weighted by molar-refractivity contribution is 5.89. The van der Waals surface area contributed by atoms with Gasteiger partial charge in [0.25, 0.3) is 0 Å². The van der Waals surface area contributed by atoms with Crippen molar-refractivity contribution in [3.63, 3.8) is 0 Å². The molecule has 0 aliphatic rings. The molecule has 2 N–H and O–H groups in total. The number of aromatic nitrogens is 1. The van der Waals surface area contributed by atoms with Crippen LogP contribution >= 0.6 is 0 Å². The van der Waals surface area contributed by atoms with Gasteiger partial charge in [0.15, 0.2) is 0 Å². The normalized spacial score (nSPS) is 12.0. The van der Waals surface area contributed by atoms with Crippen LogP contribution in [-0.2, 0) is 0 Å². The molecule has 124 valence electrons. The minimum absolute atomic E-state index is 0.273. The molecule has 3 aromatic rings. The topological polar surface area (TPSA) is 76.4 Å². The van der Waals surface area contributed by atoms with Crippen molar-refractivity contribution in [3.8, 4) is 5.75 Å². The van der Waals surface area contributed by atoms with Gasteiger partial charge in [-0.3, -0.25) is 4.98 Å². The van der Waals surface area contributed by atoms with Crippen molar-refractivity contribution < 1.29 is 13.9 Å². The summed E-state index contributed by atoms with van der Waals surface area (Å²) in [5.74, 6) is 1.50. The molecule has 3 rings (SSSR count). The van der Waals surface area contributed by atoms with E-state index in [1.807, 2.05) is 32.0 Å². The van der Waals surface area contributed by atoms with E-state index in [4.69, 9.17) is 9.15 Å². The monoisotopic (exact) mass is 325 g/mol. The molecule has 1 aromatic carbocycles. The Morgan fingerprint density at radius 3 is 2.71 bits per heavy atom. The number of aryl methyl sites for hydroxylation is 1. The van der Waals surface area contributed by atoms with Crippen molar-refractivity contribution >= 4 is 22.7 Å². The van der Waals surface area contributed by atoms with Crippen molar-refractivity contribution in [2.45, 2.75) is 19.9 Å². The fourth-order valence-electron chi connectivity index (χ4n) is 2.62. The van der Waals surface area contributed by atoms with E-state index in [2.05, 4.69) is 15.6 Å². The summed E-state index contributed by atoms with van der Waals surface area (Å²) in [6.07, 6.45) is 3.24. The summed E-state index contributed by atoms with van der Waals surface area (Å²) in [6, 6.07) is 8.53. The predicted octanol–water partition coefficient (Wildman–Crippen LogP) is 4.03. The molecule has 2 amide bonds. The van der Waals surface area contributed by atoms with Gasteiger partial charge in [0.2, 0.25) is 0 Å². The fourth-order valence-corrected chi connectivity index (χ4v) is 2.62. The largest absolute Gasteiger partial charge is 0.497 e. The number of furan rings is 1. The number of benzene rings is 1. The van der Waals surface area contributed by atoms with Gasteiger partial charge in [-0.25, -0.2) is 4.79 Å². The van der Waals surface area contributed by atoms with Crippen LogP contribution in [0.15, 0.2) is 47.1 Å². The Kier molecular flexibility index (Phi) is 4.37. The summed E-state index contributed by atoms with van der Waals surface area (Å²) in [7, 11) is 1.63. The molecule has 6 heteroatoms. The molecular weight excluding hydrogens is 306 g/mol. The van der Waals surface area contributed by atoms with E-state index in [0.717, 1.165) is 28.0 Å². The van der Waals surface area contributed by atoms with Crippen molar-refractivity contribution in [1.82, 2.24) is 10.3 Å². The number of rotatable bonds is 4. The maximum atomic E-state index is 12.1. The number of hydrogen-bond donors (Lipinski definition) is 2. The van der Waals surface area contributed by atoms with Gasteiger partial charge in [-0.05, 0) is 44.2 Å². The third kappa shape index (κ3) is 3.17. The Hall–Kier alpha value is -3.02. The minimum Gasteiger partial charge on any atom is -0.497 e. The number of nitrogens with zero attached hydrogens (tertiary/aromatic N) is 1. The van der Waals surface area contributed by atoms with Crippen molar-refractivity contribution in [1.29, 1.82) is 0 Å². The lowest BCUT2D eigenvalue weighted by Crippen LogP contribution is -2.31. The second-order valence-electron chi connectivity index (χ2n) is 5.51. The average molecular weight is 325 g/mol. The van der Waals surface area contributed by atoms with Crippen molar-refractivity contribution in [2.75, 3.05) is 12.4 Å². The van der Waals surface area contributed by atoms with Gasteiger partial charge in [0.1, 0.15) is 17.1 Å². The predicted molar refractivity (Wildman–Crippen MR) is 92.3 cm³/mol. The Morgan fingerprint density at radius 1 is 1.25 bits per heavy atom. The third-order valence-corrected chi connectivity index (χ3v) is 3.86. The van der Waals surface area contributed by atoms with Crippen LogP contribution in [0.3, 0.4) is 0 Å². The molecule has 0 radical (unpaired) electrons. The van der Waals surface area contributed by atoms with Gasteiger partial charge < -0.3 is 19.8 Å². The van der Waals surface area contributed by atoms with Gasteiger partial charge in [-0.15, -0.1) is 0 Å². The first kappa shape index (κ1) is 15.9. The summed E-state index contributed by atoms with van der Waals surface area (Å²) in [5, 5.41) is 6.62. The van der Waals surface area contributed by atoms with Crippen LogP contribution in [0.4, 0.5) is 10.5 Å². The number of anilines is 1. The van der Waals surface area contributed by atoms with Crippen LogP contribution < -0.4 is 15.4 Å². The molecule has 0 saturated heterocycles. The molecule has 0 aliphatic carbocycles. The van der Waals surface area contributed by atoms with Crippen LogP contribution in [0.2, 0.25) is 0 Å². The summed E-state index contributed by atoms with van der Waals surface area (Å²) < 4.78 is 11.2. The van der Waals surface area contributed by atoms with E-state index in [1.165, 1.54) is 0 Å². The number of carbonyl (C=O) groups excluding carboxylic acids is 1. The number of carbonyl (C=O) groups is 1. The summed E-state index contributed by atoms with van der Waals surface area (Å²) in [5.41, 5.74) is 2.44. The lowest BCUT2D eigenvalue weighted by molar-refractivity contribution is 0.248. The highest BCUT2D eigenvalue weighted by Crippen LogP contribution is 2.31. The lowest BCUT2D eigenvalue weighted by atomic mass is 10.1. The smallest absolute Gasteiger partial charge is 0.319 e. The molecule has 6 nitrogen and oxygen atoms in total. The van der Waals surface area contributed by atoms with E-state index >= 15 is 0 Å². The van der Waals surface area contributed by atoms with E-state index in [-0.39, 0.29) is 12.1 Å². The van der Waals surface area contributed by atoms with Gasteiger partial charge in [0.05, 0.1) is 13.2 Å². The van der Waals surface area contributed by atoms with E-state index in [1.54, 1.807) is 31.6 Å². The standard InChI is InChI=1S/C18H19N3O3/c1-11-15-10-14(23-3)4-5-16(15)24-17(11)12(2)20-18(22)21-13-6-8-19-9-7-13/h4-10,12H,1-3H3,(H2,19,20,21,22). The summed E-state index contributed by atoms with van der Waals surface area (Å²) >= 11 is 0. The minimum atomic E-state index is -0.300. The zero-order chi connectivity index (χ0) is 17.1. The van der Waals surface area contributed by atoms with Crippen LogP contribution in [0.1, 0.15) is 24.3 Å². The van der Waals surface area contributed by atoms with E-state index < -0.39 is 0 Å². The molecule has 0 fully saturated rings. The van der Waals surface area contributed by atoms with Gasteiger partial charge in [-0.2, -0.15) is 0 Å². The number of nitrogens with one attached hydrogen (secondary N) is 2. The Labute approximate surface area is 139 Å². The number of ether oxygens (including phenoxy) is 1. The fraction of sp³-hybridized carbons (Fsp3) is 0.222. The first-order valence-corrected chi connectivity index (χ1v) is 7.63. The SMILES string of the molecule is COc1ccc2oc(C(C)NC(=O)Nc3ccncc3)c(C)c2c1. The molecule has 0 bridgehead atoms. The van der Waals surface area contributed by atoms with Crippen molar-refractivity contribution in [3.05, 3.63) is 54.0 Å². The van der Waals surface area contributed by atoms with Crippen LogP contribution in [0, 0.1) is 6.92 Å². The van der Waals surface area contributed by atoms with Crippen molar-refractivity contribution in [2.24, 2.45) is 0 Å². The zero-order valence-corrected chi connectivity index (χ0v) is 13.8. The van der Waals surface area contributed by atoms with Gasteiger partial charge in [0, 0.05) is 29.0 Å². The quantitative estimate of drug-likeness (QED) is 0.759. The third-order valence-electron chi connectivity index (χ3n) is 3.86. The summed E-state index contributed by atoms with van der Waals surface area (Å²) in [4.78, 5) is 16.0. The zero-order valence-electron chi connectivity index (χ0n) is 13.8. The lowest BCUT2D eigenvalue weighted by Gasteiger charge is -2.13. The van der Waals surface area contributed by atoms with Crippen LogP contribution in [0.25, 0.3) is 11.0 Å². The Balaban J connectivity index is 1.77. The molecule has 1 unspecified atom stereocenters. The second-order valence-corrected chi connectivity index (χ2v) is 5.51. The van der Waals surface area contributed by atoms with Crippen LogP contribution in [0.5, 0.6) is 5.75 Å². The number of pyridine rings is 1. The maximum Gasteiger partial charge on any atom is 0.319 e. The number of methoxy groups -OCH3 is 1. The first-order valence-electron chi connectivity index (χ1n) is 7.63. The number of urea groups is 1. The van der Waals surface area contributed by atoms with Gasteiger partial charge >= 0.3 is 6.03 Å². The van der Waals surface area contributed by atoms with E-state index in [9.17, 15) is 4.79 Å². The average Bonchev–Trinajstić information content (AvgIpc) is 2.92. The van der Waals surface area contributed by atoms with Gasteiger partial charge in [-0.1, -0.05) is 0 Å². The number of fused-ring (bicyclic) bond motifs is 1. The van der Waals surface area contributed by atoms with E-state index in [0.29, 0.717) is 5.69 Å². The number of amides is 2. The van der Waals surface area contributed by atoms with Crippen LogP contribution in [-0.4, -0.2) is 18.1 Å². The highest BCUT2D eigenvalue weighted by Gasteiger charge is 2.18.